The van der Waals surface area contributed by atoms with Crippen molar-refractivity contribution in [3.63, 3.8) is 0 Å². The fourth-order valence-electron chi connectivity index (χ4n) is 1.44. The Morgan fingerprint density at radius 2 is 2.27 bits per heavy atom. The smallest absolute Gasteiger partial charge is 0.0890 e. The summed E-state index contributed by atoms with van der Waals surface area (Å²) >= 11 is 4.06. The Morgan fingerprint density at radius 3 is 3.00 bits per heavy atom. The van der Waals surface area contributed by atoms with Gasteiger partial charge in [0, 0.05) is 18.0 Å². The Bertz CT molecular complexity index is 437. The highest BCUT2D eigenvalue weighted by atomic mass is 32.1. The number of thiol groups is 1. The Balaban J connectivity index is 2.30. The minimum absolute atomic E-state index is 0.0603. The molecule has 1 unspecified atom stereocenters. The van der Waals surface area contributed by atoms with E-state index in [0.717, 1.165) is 16.9 Å². The number of anilines is 1. The van der Waals surface area contributed by atoms with Gasteiger partial charge in [-0.1, -0.05) is 12.1 Å². The fourth-order valence-corrected chi connectivity index (χ4v) is 1.68. The maximum Gasteiger partial charge on any atom is 0.0890 e. The summed E-state index contributed by atoms with van der Waals surface area (Å²) in [6.45, 7) is 0. The molecule has 0 saturated carbocycles. The number of nitrogens with zero attached hydrogens (tertiary/aromatic N) is 1. The van der Waals surface area contributed by atoms with E-state index >= 15 is 0 Å². The van der Waals surface area contributed by atoms with Crippen LogP contribution < -0.4 is 5.32 Å². The van der Waals surface area contributed by atoms with Gasteiger partial charge in [-0.3, -0.25) is 4.99 Å². The van der Waals surface area contributed by atoms with Crippen LogP contribution in [0.4, 0.5) is 11.4 Å². The van der Waals surface area contributed by atoms with Crippen molar-refractivity contribution in [2.75, 3.05) is 5.32 Å². The number of hydrogen-bond acceptors (Lipinski definition) is 4. The van der Waals surface area contributed by atoms with Crippen LogP contribution >= 0.6 is 12.6 Å². The molecule has 0 aliphatic carbocycles. The van der Waals surface area contributed by atoms with E-state index in [1.54, 1.807) is 11.6 Å². The van der Waals surface area contributed by atoms with Crippen LogP contribution in [-0.2, 0) is 0 Å². The number of hydrogen-bond donors (Lipinski definition) is 3. The van der Waals surface area contributed by atoms with Gasteiger partial charge in [-0.15, -0.1) is 0 Å². The van der Waals surface area contributed by atoms with Crippen LogP contribution in [0.3, 0.4) is 0 Å². The summed E-state index contributed by atoms with van der Waals surface area (Å²) in [6, 6.07) is 7.76. The lowest BCUT2D eigenvalue weighted by Gasteiger charge is -2.21. The lowest BCUT2D eigenvalue weighted by Crippen LogP contribution is -2.26. The minimum atomic E-state index is -0.0603. The highest BCUT2D eigenvalue weighted by molar-refractivity contribution is 7.83. The molecule has 0 spiro atoms. The van der Waals surface area contributed by atoms with E-state index in [2.05, 4.69) is 22.9 Å². The van der Waals surface area contributed by atoms with E-state index in [0.29, 0.717) is 0 Å². The topological polar surface area (TPSA) is 48.2 Å². The summed E-state index contributed by atoms with van der Waals surface area (Å²) in [6.07, 6.45) is 3.07. The second kappa shape index (κ2) is 4.31. The summed E-state index contributed by atoms with van der Waals surface area (Å²) < 4.78 is 0. The van der Waals surface area contributed by atoms with Crippen LogP contribution in [0.1, 0.15) is 0 Å². The van der Waals surface area contributed by atoms with Crippen LogP contribution in [0.2, 0.25) is 0 Å². The van der Waals surface area contributed by atoms with Crippen molar-refractivity contribution in [2.24, 2.45) is 4.99 Å². The van der Waals surface area contributed by atoms with Gasteiger partial charge in [0.15, 0.2) is 0 Å². The van der Waals surface area contributed by atoms with Crippen molar-refractivity contribution in [1.29, 1.82) is 5.41 Å². The Kier molecular flexibility index (Phi) is 2.87. The molecule has 1 aliphatic rings. The molecule has 0 radical (unpaired) electrons. The molecule has 4 heteroatoms. The van der Waals surface area contributed by atoms with Gasteiger partial charge in [-0.05, 0) is 17.5 Å². The van der Waals surface area contributed by atoms with E-state index in [4.69, 9.17) is 5.41 Å². The first-order valence-corrected chi connectivity index (χ1v) is 5.11. The van der Waals surface area contributed by atoms with E-state index in [1.807, 2.05) is 24.3 Å². The van der Waals surface area contributed by atoms with Crippen LogP contribution in [-0.4, -0.2) is 18.5 Å². The molecule has 15 heavy (non-hydrogen) atoms. The monoisotopic (exact) mass is 217 g/mol. The van der Waals surface area contributed by atoms with E-state index in [-0.39, 0.29) is 6.04 Å². The predicted octanol–water partition coefficient (Wildman–Crippen LogP) is 2.65. The van der Waals surface area contributed by atoms with Gasteiger partial charge in [0.25, 0.3) is 0 Å². The van der Waals surface area contributed by atoms with Crippen LogP contribution in [0.15, 0.2) is 40.2 Å². The molecule has 0 saturated heterocycles. The Morgan fingerprint density at radius 1 is 1.47 bits per heavy atom. The summed E-state index contributed by atoms with van der Waals surface area (Å²) in [5.74, 6) is 0. The second-order valence-electron chi connectivity index (χ2n) is 3.19. The number of para-hydroxylation sites is 2. The Hall–Kier alpha value is -1.55. The van der Waals surface area contributed by atoms with Gasteiger partial charge in [-0.2, -0.15) is 12.6 Å². The normalized spacial score (nSPS) is 19.3. The van der Waals surface area contributed by atoms with Crippen LogP contribution in [0, 0.1) is 5.41 Å². The van der Waals surface area contributed by atoms with Gasteiger partial charge in [0.1, 0.15) is 0 Å². The maximum absolute atomic E-state index is 7.24. The second-order valence-corrected chi connectivity index (χ2v) is 3.45. The van der Waals surface area contributed by atoms with E-state index in [9.17, 15) is 0 Å². The average Bonchev–Trinajstić information content (AvgIpc) is 2.30. The van der Waals surface area contributed by atoms with Gasteiger partial charge >= 0.3 is 0 Å². The van der Waals surface area contributed by atoms with Crippen molar-refractivity contribution in [1.82, 2.24) is 0 Å². The summed E-state index contributed by atoms with van der Waals surface area (Å²) in [5.41, 5.74) is 2.70. The molecule has 1 heterocycles. The Labute approximate surface area is 93.8 Å². The van der Waals surface area contributed by atoms with Gasteiger partial charge < -0.3 is 10.7 Å². The molecule has 0 fully saturated rings. The molecule has 0 bridgehead atoms. The third kappa shape index (κ3) is 1.94. The van der Waals surface area contributed by atoms with Gasteiger partial charge in [-0.25, -0.2) is 0 Å². The van der Waals surface area contributed by atoms with Gasteiger partial charge in [0.2, 0.25) is 0 Å². The minimum Gasteiger partial charge on any atom is -0.371 e. The third-order valence-electron chi connectivity index (χ3n) is 2.25. The van der Waals surface area contributed by atoms with Crippen molar-refractivity contribution < 1.29 is 0 Å². The first-order valence-electron chi connectivity index (χ1n) is 4.59. The molecular formula is C11H11N3S. The molecule has 2 N–H and O–H groups in total. The number of fused-ring (bicyclic) bond motifs is 1. The lowest BCUT2D eigenvalue weighted by molar-refractivity contribution is 1.13. The molecule has 0 aromatic heterocycles. The maximum atomic E-state index is 7.24. The summed E-state index contributed by atoms with van der Waals surface area (Å²) in [5, 5.41) is 12.1. The van der Waals surface area contributed by atoms with Crippen molar-refractivity contribution in [3.05, 3.63) is 35.2 Å². The molecule has 0 amide bonds. The SMILES string of the molecule is N=C/C(=C\S)C1C=Nc2ccccc2N1. The largest absolute Gasteiger partial charge is 0.371 e. The summed E-state index contributed by atoms with van der Waals surface area (Å²) in [7, 11) is 0. The average molecular weight is 217 g/mol. The standard InChI is InChI=1S/C11H11N3S/c12-5-8(7-15)11-6-13-9-3-1-2-4-10(9)14-11/h1-7,11-12,14-15H/b8-7+,12-5?. The zero-order chi connectivity index (χ0) is 10.7. The zero-order valence-corrected chi connectivity index (χ0v) is 8.91. The molecule has 1 aromatic carbocycles. The van der Waals surface area contributed by atoms with Crippen molar-refractivity contribution in [2.45, 2.75) is 6.04 Å². The molecule has 2 rings (SSSR count). The quantitative estimate of drug-likeness (QED) is 0.517. The molecule has 76 valence electrons. The zero-order valence-electron chi connectivity index (χ0n) is 8.01. The summed E-state index contributed by atoms with van der Waals surface area (Å²) in [4.78, 5) is 4.33. The highest BCUT2D eigenvalue weighted by Gasteiger charge is 2.15. The number of aliphatic imine (C=N–C) groups is 1. The molecule has 1 atom stereocenters. The fraction of sp³-hybridized carbons (Fsp3) is 0.0909. The molecule has 3 nitrogen and oxygen atoms in total. The van der Waals surface area contributed by atoms with E-state index in [1.165, 1.54) is 6.21 Å². The first-order chi connectivity index (χ1) is 7.35. The van der Waals surface area contributed by atoms with Crippen LogP contribution in [0.5, 0.6) is 0 Å². The number of rotatable bonds is 2. The van der Waals surface area contributed by atoms with Gasteiger partial charge in [0.05, 0.1) is 17.4 Å². The number of benzene rings is 1. The number of nitrogens with one attached hydrogen (secondary N) is 2. The van der Waals surface area contributed by atoms with Crippen molar-refractivity contribution >= 4 is 36.4 Å². The van der Waals surface area contributed by atoms with Crippen LogP contribution in [0.25, 0.3) is 0 Å². The molecule has 1 aromatic rings. The molecular weight excluding hydrogens is 206 g/mol. The predicted molar refractivity (Wildman–Crippen MR) is 67.9 cm³/mol. The van der Waals surface area contributed by atoms with Crippen molar-refractivity contribution in [3.8, 4) is 0 Å². The third-order valence-corrected chi connectivity index (χ3v) is 2.55. The molecule has 1 aliphatic heterocycles. The lowest BCUT2D eigenvalue weighted by atomic mass is 10.1. The first kappa shape index (κ1) is 9.98. The highest BCUT2D eigenvalue weighted by Crippen LogP contribution is 2.28. The van der Waals surface area contributed by atoms with E-state index < -0.39 is 0 Å².